The van der Waals surface area contributed by atoms with Gasteiger partial charge in [0.15, 0.2) is 0 Å². The first-order valence-corrected chi connectivity index (χ1v) is 5.03. The lowest BCUT2D eigenvalue weighted by molar-refractivity contribution is -0.157. The van der Waals surface area contributed by atoms with Crippen LogP contribution in [0.2, 0.25) is 0 Å². The molecule has 0 aromatic rings. The molecule has 4 heteroatoms. The highest BCUT2D eigenvalue weighted by Gasteiger charge is 2.47. The van der Waals surface area contributed by atoms with Gasteiger partial charge in [-0.2, -0.15) is 0 Å². The number of carboxylic acids is 1. The van der Waals surface area contributed by atoms with Crippen molar-refractivity contribution in [1.82, 2.24) is 0 Å². The lowest BCUT2D eigenvalue weighted by Crippen LogP contribution is -2.39. The van der Waals surface area contributed by atoms with Crippen LogP contribution in [0.25, 0.3) is 0 Å². The van der Waals surface area contributed by atoms with Crippen molar-refractivity contribution in [2.24, 2.45) is 5.41 Å². The van der Waals surface area contributed by atoms with Gasteiger partial charge >= 0.3 is 5.97 Å². The summed E-state index contributed by atoms with van der Waals surface area (Å²) >= 11 is 0. The predicted molar refractivity (Wildman–Crippen MR) is 48.4 cm³/mol. The summed E-state index contributed by atoms with van der Waals surface area (Å²) in [5, 5.41) is 9.05. The van der Waals surface area contributed by atoms with E-state index >= 15 is 0 Å². The van der Waals surface area contributed by atoms with Gasteiger partial charge in [0.25, 0.3) is 0 Å². The fourth-order valence-corrected chi connectivity index (χ4v) is 2.14. The summed E-state index contributed by atoms with van der Waals surface area (Å²) in [6.45, 7) is 1.89. The largest absolute Gasteiger partial charge is 0.481 e. The second kappa shape index (κ2) is 3.83. The summed E-state index contributed by atoms with van der Waals surface area (Å²) in [4.78, 5) is 11.0. The molecular formula is C10H16F2O2. The van der Waals surface area contributed by atoms with E-state index in [4.69, 9.17) is 5.11 Å². The number of carbonyl (C=O) groups is 1. The molecule has 14 heavy (non-hydrogen) atoms. The zero-order valence-electron chi connectivity index (χ0n) is 8.35. The molecule has 1 saturated carbocycles. The Kier molecular flexibility index (Phi) is 3.12. The van der Waals surface area contributed by atoms with E-state index in [2.05, 4.69) is 0 Å². The van der Waals surface area contributed by atoms with E-state index in [0.29, 0.717) is 6.42 Å². The molecule has 0 aliphatic heterocycles. The highest BCUT2D eigenvalue weighted by atomic mass is 19.3. The van der Waals surface area contributed by atoms with E-state index in [1.807, 2.05) is 6.92 Å². The van der Waals surface area contributed by atoms with Crippen LogP contribution in [0.1, 0.15) is 45.4 Å². The van der Waals surface area contributed by atoms with Crippen LogP contribution in [0.3, 0.4) is 0 Å². The number of hydrogen-bond donors (Lipinski definition) is 1. The summed E-state index contributed by atoms with van der Waals surface area (Å²) in [5.74, 6) is -3.55. The van der Waals surface area contributed by atoms with Crippen LogP contribution in [0.15, 0.2) is 0 Å². The molecule has 0 amide bonds. The zero-order valence-corrected chi connectivity index (χ0v) is 8.35. The molecule has 1 fully saturated rings. The third kappa shape index (κ3) is 2.22. The first-order valence-electron chi connectivity index (χ1n) is 5.03. The van der Waals surface area contributed by atoms with Crippen molar-refractivity contribution >= 4 is 5.97 Å². The Morgan fingerprint density at radius 1 is 1.29 bits per heavy atom. The van der Waals surface area contributed by atoms with Crippen LogP contribution in [-0.4, -0.2) is 17.0 Å². The molecule has 1 aliphatic carbocycles. The van der Waals surface area contributed by atoms with E-state index in [1.54, 1.807) is 0 Å². The van der Waals surface area contributed by atoms with Gasteiger partial charge in [-0.15, -0.1) is 0 Å². The van der Waals surface area contributed by atoms with Crippen LogP contribution in [0, 0.1) is 5.41 Å². The molecule has 1 aliphatic rings. The van der Waals surface area contributed by atoms with Crippen LogP contribution in [0.4, 0.5) is 8.78 Å². The van der Waals surface area contributed by atoms with Gasteiger partial charge in [0, 0.05) is 12.8 Å². The van der Waals surface area contributed by atoms with Crippen molar-refractivity contribution in [2.75, 3.05) is 0 Å². The van der Waals surface area contributed by atoms with Crippen molar-refractivity contribution < 1.29 is 18.7 Å². The monoisotopic (exact) mass is 206 g/mol. The second-order valence-corrected chi connectivity index (χ2v) is 4.19. The van der Waals surface area contributed by atoms with Gasteiger partial charge in [-0.3, -0.25) is 4.79 Å². The van der Waals surface area contributed by atoms with Crippen molar-refractivity contribution in [3.05, 3.63) is 0 Å². The van der Waals surface area contributed by atoms with E-state index < -0.39 is 17.3 Å². The molecule has 0 spiro atoms. The molecule has 0 radical (unpaired) electrons. The maximum Gasteiger partial charge on any atom is 0.309 e. The molecule has 1 N–H and O–H groups in total. The Hall–Kier alpha value is -0.670. The molecule has 0 aromatic heterocycles. The minimum absolute atomic E-state index is 0.114. The summed E-state index contributed by atoms with van der Waals surface area (Å²) in [6.07, 6.45) is 0.918. The maximum atomic E-state index is 12.9. The van der Waals surface area contributed by atoms with Gasteiger partial charge in [0.2, 0.25) is 5.92 Å². The number of halogens is 2. The minimum Gasteiger partial charge on any atom is -0.481 e. The molecule has 2 nitrogen and oxygen atoms in total. The van der Waals surface area contributed by atoms with Gasteiger partial charge in [0.1, 0.15) is 0 Å². The van der Waals surface area contributed by atoms with E-state index in [0.717, 1.165) is 6.42 Å². The predicted octanol–water partition coefficient (Wildman–Crippen LogP) is 3.07. The Morgan fingerprint density at radius 2 is 1.79 bits per heavy atom. The summed E-state index contributed by atoms with van der Waals surface area (Å²) in [7, 11) is 0. The molecule has 0 unspecified atom stereocenters. The van der Waals surface area contributed by atoms with E-state index in [9.17, 15) is 13.6 Å². The fraction of sp³-hybridized carbons (Fsp3) is 0.900. The number of carboxylic acid groups (broad SMARTS) is 1. The molecule has 1 rings (SSSR count). The Bertz CT molecular complexity index is 216. The van der Waals surface area contributed by atoms with Crippen molar-refractivity contribution in [2.45, 2.75) is 51.4 Å². The van der Waals surface area contributed by atoms with Crippen LogP contribution in [0.5, 0.6) is 0 Å². The first kappa shape index (κ1) is 11.4. The minimum atomic E-state index is -2.65. The molecule has 82 valence electrons. The van der Waals surface area contributed by atoms with Crippen LogP contribution >= 0.6 is 0 Å². The molecule has 0 heterocycles. The SMILES string of the molecule is CCCC1(C(=O)O)CCC(F)(F)CC1. The molecule has 0 bridgehead atoms. The van der Waals surface area contributed by atoms with Crippen molar-refractivity contribution in [3.63, 3.8) is 0 Å². The lowest BCUT2D eigenvalue weighted by Gasteiger charge is -2.36. The molecule has 0 aromatic carbocycles. The van der Waals surface area contributed by atoms with Crippen LogP contribution < -0.4 is 0 Å². The number of rotatable bonds is 3. The van der Waals surface area contributed by atoms with E-state index in [1.165, 1.54) is 0 Å². The highest BCUT2D eigenvalue weighted by Crippen LogP contribution is 2.46. The zero-order chi connectivity index (χ0) is 10.8. The summed E-state index contributed by atoms with van der Waals surface area (Å²) in [5.41, 5.74) is -0.879. The fourth-order valence-electron chi connectivity index (χ4n) is 2.14. The molecule has 0 saturated heterocycles. The van der Waals surface area contributed by atoms with Gasteiger partial charge in [-0.05, 0) is 19.3 Å². The third-order valence-corrected chi connectivity index (χ3v) is 3.12. The second-order valence-electron chi connectivity index (χ2n) is 4.19. The third-order valence-electron chi connectivity index (χ3n) is 3.12. The first-order chi connectivity index (χ1) is 6.42. The van der Waals surface area contributed by atoms with Crippen LogP contribution in [-0.2, 0) is 4.79 Å². The average molecular weight is 206 g/mol. The Labute approximate surface area is 82.3 Å². The van der Waals surface area contributed by atoms with Crippen molar-refractivity contribution in [3.8, 4) is 0 Å². The van der Waals surface area contributed by atoms with Crippen molar-refractivity contribution in [1.29, 1.82) is 0 Å². The molecule has 0 atom stereocenters. The highest BCUT2D eigenvalue weighted by molar-refractivity contribution is 5.74. The average Bonchev–Trinajstić information content (AvgIpc) is 2.09. The summed E-state index contributed by atoms with van der Waals surface area (Å²) in [6, 6.07) is 0. The Balaban J connectivity index is 2.69. The number of hydrogen-bond acceptors (Lipinski definition) is 1. The normalized spacial score (nSPS) is 24.5. The maximum absolute atomic E-state index is 12.9. The van der Waals surface area contributed by atoms with E-state index in [-0.39, 0.29) is 25.7 Å². The van der Waals surface area contributed by atoms with Gasteiger partial charge < -0.3 is 5.11 Å². The van der Waals surface area contributed by atoms with Gasteiger partial charge in [-0.1, -0.05) is 13.3 Å². The standard InChI is InChI=1S/C10H16F2O2/c1-2-3-9(8(13)14)4-6-10(11,12)7-5-9/h2-7H2,1H3,(H,13,14). The van der Waals surface area contributed by atoms with Gasteiger partial charge in [-0.25, -0.2) is 8.78 Å². The smallest absolute Gasteiger partial charge is 0.309 e. The Morgan fingerprint density at radius 3 is 2.14 bits per heavy atom. The number of alkyl halides is 2. The van der Waals surface area contributed by atoms with Gasteiger partial charge in [0.05, 0.1) is 5.41 Å². The topological polar surface area (TPSA) is 37.3 Å². The number of aliphatic carboxylic acids is 1. The summed E-state index contributed by atoms with van der Waals surface area (Å²) < 4.78 is 25.7. The lowest BCUT2D eigenvalue weighted by atomic mass is 9.70. The quantitative estimate of drug-likeness (QED) is 0.770. The molecular weight excluding hydrogens is 190 g/mol.